The van der Waals surface area contributed by atoms with Gasteiger partial charge in [0.1, 0.15) is 5.82 Å². The van der Waals surface area contributed by atoms with E-state index in [1.165, 1.54) is 25.0 Å². The van der Waals surface area contributed by atoms with E-state index in [1.807, 2.05) is 0 Å². The zero-order valence-corrected chi connectivity index (χ0v) is 11.4. The molecule has 3 nitrogen and oxygen atoms in total. The number of nitrogens with one attached hydrogen (secondary N) is 1. The molecule has 19 heavy (non-hydrogen) atoms. The molecule has 0 amide bonds. The first-order valence-electron chi connectivity index (χ1n) is 6.61. The molecule has 0 saturated heterocycles. The van der Waals surface area contributed by atoms with Crippen LogP contribution in [-0.4, -0.2) is 18.5 Å². The summed E-state index contributed by atoms with van der Waals surface area (Å²) in [6.07, 6.45) is 4.40. The van der Waals surface area contributed by atoms with E-state index in [9.17, 15) is 4.39 Å². The number of nitrogens with zero attached hydrogens (tertiary/aromatic N) is 1. The fourth-order valence-electron chi connectivity index (χ4n) is 2.30. The molecule has 3 N–H and O–H groups in total. The van der Waals surface area contributed by atoms with E-state index in [0.29, 0.717) is 23.6 Å². The molecule has 2 fully saturated rings. The lowest BCUT2D eigenvalue weighted by Crippen LogP contribution is -2.34. The van der Waals surface area contributed by atoms with Crippen LogP contribution in [0.5, 0.6) is 0 Å². The molecule has 1 aromatic carbocycles. The highest BCUT2D eigenvalue weighted by Gasteiger charge is 2.45. The largest absolute Gasteiger partial charge is 0.370 e. The molecule has 2 aliphatic carbocycles. The summed E-state index contributed by atoms with van der Waals surface area (Å²) in [6.45, 7) is 0.615. The Bertz CT molecular complexity index is 521. The van der Waals surface area contributed by atoms with Crippen molar-refractivity contribution >= 4 is 17.6 Å². The second-order valence-electron chi connectivity index (χ2n) is 5.52. The van der Waals surface area contributed by atoms with E-state index in [1.54, 1.807) is 6.07 Å². The lowest BCUT2D eigenvalue weighted by Gasteiger charge is -2.15. The van der Waals surface area contributed by atoms with E-state index in [2.05, 4.69) is 10.3 Å². The zero-order valence-electron chi connectivity index (χ0n) is 10.6. The van der Waals surface area contributed by atoms with Crippen molar-refractivity contribution in [2.45, 2.75) is 37.1 Å². The summed E-state index contributed by atoms with van der Waals surface area (Å²) in [6, 6.07) is 5.10. The van der Waals surface area contributed by atoms with Crippen LogP contribution in [0, 0.1) is 5.82 Å². The van der Waals surface area contributed by atoms with Gasteiger partial charge < -0.3 is 11.1 Å². The Labute approximate surface area is 117 Å². The predicted molar refractivity (Wildman–Crippen MR) is 75.0 cm³/mol. The van der Waals surface area contributed by atoms with Gasteiger partial charge >= 0.3 is 0 Å². The highest BCUT2D eigenvalue weighted by Crippen LogP contribution is 2.50. The van der Waals surface area contributed by atoms with Crippen LogP contribution < -0.4 is 11.1 Å². The highest BCUT2D eigenvalue weighted by molar-refractivity contribution is 6.31. The van der Waals surface area contributed by atoms with Gasteiger partial charge in [0.05, 0.1) is 6.54 Å². The van der Waals surface area contributed by atoms with Gasteiger partial charge in [0.25, 0.3) is 0 Å². The molecule has 0 atom stereocenters. The van der Waals surface area contributed by atoms with E-state index >= 15 is 0 Å². The van der Waals surface area contributed by atoms with Crippen LogP contribution in [0.2, 0.25) is 5.02 Å². The Kier molecular flexibility index (Phi) is 3.13. The van der Waals surface area contributed by atoms with E-state index in [4.69, 9.17) is 17.3 Å². The summed E-state index contributed by atoms with van der Waals surface area (Å²) >= 11 is 6.13. The molecular formula is C14H17ClFN3. The average Bonchev–Trinajstić information content (AvgIpc) is 3.22. The van der Waals surface area contributed by atoms with Crippen molar-refractivity contribution in [2.24, 2.45) is 10.7 Å². The van der Waals surface area contributed by atoms with E-state index in [0.717, 1.165) is 18.4 Å². The van der Waals surface area contributed by atoms with Crippen molar-refractivity contribution in [3.05, 3.63) is 34.6 Å². The maximum atomic E-state index is 13.1. The number of nitrogens with two attached hydrogens (primary N) is 1. The van der Waals surface area contributed by atoms with Gasteiger partial charge in [-0.15, -0.1) is 0 Å². The standard InChI is InChI=1S/C14H17ClFN3/c15-12-7-9(16)1-4-11(12)14(5-6-14)8-18-13(17)19-10-2-3-10/h1,4,7,10H,2-3,5-6,8H2,(H3,17,18,19). The molecule has 0 unspecified atom stereocenters. The quantitative estimate of drug-likeness (QED) is 0.658. The summed E-state index contributed by atoms with van der Waals surface area (Å²) in [5.74, 6) is 0.204. The van der Waals surface area contributed by atoms with Crippen LogP contribution in [-0.2, 0) is 5.41 Å². The molecule has 0 radical (unpaired) electrons. The third kappa shape index (κ3) is 2.84. The van der Waals surface area contributed by atoms with Gasteiger partial charge in [-0.2, -0.15) is 0 Å². The fourth-order valence-corrected chi connectivity index (χ4v) is 2.67. The molecule has 0 bridgehead atoms. The number of hydrogen-bond acceptors (Lipinski definition) is 1. The van der Waals surface area contributed by atoms with Crippen LogP contribution >= 0.6 is 11.6 Å². The molecule has 0 spiro atoms. The molecule has 0 aromatic heterocycles. The second kappa shape index (κ2) is 4.67. The Hall–Kier alpha value is -1.29. The van der Waals surface area contributed by atoms with Gasteiger partial charge in [0.2, 0.25) is 0 Å². The third-order valence-electron chi connectivity index (χ3n) is 3.84. The first-order chi connectivity index (χ1) is 9.09. The summed E-state index contributed by atoms with van der Waals surface area (Å²) in [4.78, 5) is 4.41. The maximum absolute atomic E-state index is 13.1. The average molecular weight is 282 g/mol. The number of guanidine groups is 1. The third-order valence-corrected chi connectivity index (χ3v) is 4.15. The van der Waals surface area contributed by atoms with Crippen molar-refractivity contribution in [1.82, 2.24) is 5.32 Å². The maximum Gasteiger partial charge on any atom is 0.188 e. The van der Waals surface area contributed by atoms with Crippen molar-refractivity contribution in [3.8, 4) is 0 Å². The minimum Gasteiger partial charge on any atom is -0.370 e. The van der Waals surface area contributed by atoms with Gasteiger partial charge in [-0.3, -0.25) is 4.99 Å². The Morgan fingerprint density at radius 3 is 2.79 bits per heavy atom. The first kappa shape index (κ1) is 12.7. The van der Waals surface area contributed by atoms with Gasteiger partial charge in [0.15, 0.2) is 5.96 Å². The molecule has 3 rings (SSSR count). The van der Waals surface area contributed by atoms with Gasteiger partial charge in [-0.25, -0.2) is 4.39 Å². The van der Waals surface area contributed by atoms with Crippen LogP contribution in [0.15, 0.2) is 23.2 Å². The molecule has 2 aliphatic rings. The van der Waals surface area contributed by atoms with E-state index in [-0.39, 0.29) is 11.2 Å². The number of hydrogen-bond donors (Lipinski definition) is 2. The molecule has 1 aromatic rings. The molecule has 0 aliphatic heterocycles. The van der Waals surface area contributed by atoms with Crippen LogP contribution in [0.4, 0.5) is 4.39 Å². The van der Waals surface area contributed by atoms with E-state index < -0.39 is 0 Å². The zero-order chi connectivity index (χ0) is 13.5. The second-order valence-corrected chi connectivity index (χ2v) is 5.93. The topological polar surface area (TPSA) is 50.4 Å². The van der Waals surface area contributed by atoms with Crippen molar-refractivity contribution < 1.29 is 4.39 Å². The van der Waals surface area contributed by atoms with Crippen LogP contribution in [0.1, 0.15) is 31.2 Å². The normalized spacial score (nSPS) is 21.3. The lowest BCUT2D eigenvalue weighted by atomic mass is 9.96. The minimum atomic E-state index is -0.303. The van der Waals surface area contributed by atoms with Gasteiger partial charge in [-0.05, 0) is 43.4 Å². The lowest BCUT2D eigenvalue weighted by molar-refractivity contribution is 0.623. The number of halogens is 2. The summed E-state index contributed by atoms with van der Waals surface area (Å²) in [7, 11) is 0. The van der Waals surface area contributed by atoms with Crippen molar-refractivity contribution in [3.63, 3.8) is 0 Å². The molecule has 2 saturated carbocycles. The first-order valence-corrected chi connectivity index (χ1v) is 6.99. The summed E-state index contributed by atoms with van der Waals surface area (Å²) < 4.78 is 13.1. The fraction of sp³-hybridized carbons (Fsp3) is 0.500. The van der Waals surface area contributed by atoms with Crippen LogP contribution in [0.3, 0.4) is 0 Å². The smallest absolute Gasteiger partial charge is 0.188 e. The monoisotopic (exact) mass is 281 g/mol. The highest BCUT2D eigenvalue weighted by atomic mass is 35.5. The van der Waals surface area contributed by atoms with Gasteiger partial charge in [-0.1, -0.05) is 17.7 Å². The molecular weight excluding hydrogens is 265 g/mol. The number of benzene rings is 1. The number of rotatable bonds is 4. The van der Waals surface area contributed by atoms with Crippen molar-refractivity contribution in [2.75, 3.05) is 6.54 Å². The Morgan fingerprint density at radius 2 is 2.21 bits per heavy atom. The number of aliphatic imine (C=N–C) groups is 1. The minimum absolute atomic E-state index is 0.0410. The summed E-state index contributed by atoms with van der Waals surface area (Å²) in [5, 5.41) is 3.65. The Balaban J connectivity index is 1.72. The van der Waals surface area contributed by atoms with Gasteiger partial charge in [0, 0.05) is 16.5 Å². The predicted octanol–water partition coefficient (Wildman–Crippen LogP) is 2.58. The molecule has 0 heterocycles. The molecule has 102 valence electrons. The van der Waals surface area contributed by atoms with Crippen LogP contribution in [0.25, 0.3) is 0 Å². The SMILES string of the molecule is NC(=NCC1(c2ccc(F)cc2Cl)CC1)NC1CC1. The summed E-state index contributed by atoms with van der Waals surface area (Å²) in [5.41, 5.74) is 6.78. The Morgan fingerprint density at radius 1 is 1.47 bits per heavy atom. The molecule has 5 heteroatoms. The van der Waals surface area contributed by atoms with Crippen molar-refractivity contribution in [1.29, 1.82) is 0 Å².